The van der Waals surface area contributed by atoms with Crippen LogP contribution in [0.4, 0.5) is 4.79 Å². The minimum Gasteiger partial charge on any atom is -0.378 e. The first kappa shape index (κ1) is 11.9. The van der Waals surface area contributed by atoms with E-state index in [0.29, 0.717) is 26.3 Å². The van der Waals surface area contributed by atoms with Gasteiger partial charge in [0.1, 0.15) is 0 Å². The van der Waals surface area contributed by atoms with Crippen molar-refractivity contribution < 1.29 is 9.53 Å². The van der Waals surface area contributed by atoms with Gasteiger partial charge in [0.05, 0.1) is 13.2 Å². The number of halogens is 1. The summed E-state index contributed by atoms with van der Waals surface area (Å²) >= 11 is 5.19. The maximum atomic E-state index is 10.4. The fraction of sp³-hybridized carbons (Fsp3) is 0.400. The number of carbonyl (C=O) groups is 1. The second-order valence-corrected chi connectivity index (χ2v) is 3.20. The van der Waals surface area contributed by atoms with Crippen LogP contribution in [0, 0.1) is 0 Å². The number of amides is 1. The molecule has 0 bridgehead atoms. The quantitative estimate of drug-likeness (QED) is 0.502. The number of morpholine rings is 1. The van der Waals surface area contributed by atoms with Crippen LogP contribution in [0.15, 0.2) is 30.6 Å². The molecule has 82 valence electrons. The predicted molar refractivity (Wildman–Crippen MR) is 57.9 cm³/mol. The molecule has 1 fully saturated rings. The largest absolute Gasteiger partial charge is 0.378 e. The molecule has 0 N–H and O–H groups in total. The third-order valence-electron chi connectivity index (χ3n) is 1.83. The van der Waals surface area contributed by atoms with Crippen LogP contribution in [-0.4, -0.2) is 41.6 Å². The zero-order chi connectivity index (χ0) is 10.9. The van der Waals surface area contributed by atoms with Gasteiger partial charge >= 0.3 is 5.37 Å². The first-order valence-corrected chi connectivity index (χ1v) is 5.05. The summed E-state index contributed by atoms with van der Waals surface area (Å²) in [6, 6.07) is 5.72. The molecule has 1 aliphatic rings. The molecule has 4 nitrogen and oxygen atoms in total. The van der Waals surface area contributed by atoms with E-state index in [1.54, 1.807) is 17.3 Å². The molecule has 15 heavy (non-hydrogen) atoms. The zero-order valence-corrected chi connectivity index (χ0v) is 9.06. The fourth-order valence-corrected chi connectivity index (χ4v) is 1.22. The van der Waals surface area contributed by atoms with Crippen LogP contribution in [0.25, 0.3) is 0 Å². The highest BCUT2D eigenvalue weighted by Crippen LogP contribution is 2.00. The highest BCUT2D eigenvalue weighted by atomic mass is 35.5. The maximum Gasteiger partial charge on any atom is 0.316 e. The molecule has 1 aromatic heterocycles. The molecular formula is C10H13ClN2O2. The van der Waals surface area contributed by atoms with E-state index in [9.17, 15) is 4.79 Å². The molecule has 0 aromatic carbocycles. The highest BCUT2D eigenvalue weighted by Gasteiger charge is 2.13. The monoisotopic (exact) mass is 228 g/mol. The van der Waals surface area contributed by atoms with Gasteiger partial charge in [-0.1, -0.05) is 6.07 Å². The lowest BCUT2D eigenvalue weighted by Gasteiger charge is -2.23. The number of ether oxygens (including phenoxy) is 1. The number of rotatable bonds is 0. The molecule has 0 radical (unpaired) electrons. The van der Waals surface area contributed by atoms with Crippen molar-refractivity contribution >= 4 is 17.0 Å². The van der Waals surface area contributed by atoms with Crippen LogP contribution in [0.3, 0.4) is 0 Å². The number of hydrogen-bond donors (Lipinski definition) is 0. The average molecular weight is 229 g/mol. The van der Waals surface area contributed by atoms with Gasteiger partial charge in [0.2, 0.25) is 0 Å². The zero-order valence-electron chi connectivity index (χ0n) is 8.30. The molecule has 0 saturated carbocycles. The molecule has 1 saturated heterocycles. The summed E-state index contributed by atoms with van der Waals surface area (Å²) in [4.78, 5) is 15.8. The summed E-state index contributed by atoms with van der Waals surface area (Å²) in [5, 5.41) is -0.377. The van der Waals surface area contributed by atoms with Crippen molar-refractivity contribution in [2.45, 2.75) is 0 Å². The van der Waals surface area contributed by atoms with E-state index < -0.39 is 0 Å². The smallest absolute Gasteiger partial charge is 0.316 e. The molecule has 1 aromatic rings. The van der Waals surface area contributed by atoms with Crippen molar-refractivity contribution in [3.05, 3.63) is 30.6 Å². The Kier molecular flexibility index (Phi) is 5.73. The lowest BCUT2D eigenvalue weighted by molar-refractivity contribution is 0.0589. The van der Waals surface area contributed by atoms with E-state index in [4.69, 9.17) is 16.3 Å². The molecule has 5 heteroatoms. The second-order valence-electron chi connectivity index (χ2n) is 2.88. The Labute approximate surface area is 93.8 Å². The average Bonchev–Trinajstić information content (AvgIpc) is 2.33. The molecule has 1 amide bonds. The van der Waals surface area contributed by atoms with E-state index in [1.165, 1.54) is 0 Å². The lowest BCUT2D eigenvalue weighted by Crippen LogP contribution is -2.37. The fourth-order valence-electron chi connectivity index (χ4n) is 1.05. The van der Waals surface area contributed by atoms with Crippen molar-refractivity contribution in [2.24, 2.45) is 0 Å². The Morgan fingerprint density at radius 3 is 2.07 bits per heavy atom. The normalized spacial score (nSPS) is 15.1. The Hall–Kier alpha value is -1.13. The first-order chi connectivity index (χ1) is 7.30. The number of carbonyl (C=O) groups excluding carboxylic acids is 1. The highest BCUT2D eigenvalue weighted by molar-refractivity contribution is 6.62. The van der Waals surface area contributed by atoms with Crippen molar-refractivity contribution in [2.75, 3.05) is 26.3 Å². The minimum atomic E-state index is -0.377. The topological polar surface area (TPSA) is 42.4 Å². The third kappa shape index (κ3) is 5.34. The summed E-state index contributed by atoms with van der Waals surface area (Å²) in [6.07, 6.45) is 3.50. The van der Waals surface area contributed by atoms with E-state index in [2.05, 4.69) is 4.98 Å². The summed E-state index contributed by atoms with van der Waals surface area (Å²) in [5.74, 6) is 0. The molecule has 0 unspecified atom stereocenters. The Morgan fingerprint density at radius 2 is 1.80 bits per heavy atom. The van der Waals surface area contributed by atoms with Crippen molar-refractivity contribution in [3.8, 4) is 0 Å². The Balaban J connectivity index is 0.000000162. The Bertz CT molecular complexity index is 249. The van der Waals surface area contributed by atoms with Crippen LogP contribution >= 0.6 is 11.6 Å². The van der Waals surface area contributed by atoms with Gasteiger partial charge in [-0.3, -0.25) is 9.78 Å². The van der Waals surface area contributed by atoms with Crippen LogP contribution in [0.1, 0.15) is 0 Å². The first-order valence-electron chi connectivity index (χ1n) is 4.68. The summed E-state index contributed by atoms with van der Waals surface area (Å²) < 4.78 is 5.00. The van der Waals surface area contributed by atoms with Crippen molar-refractivity contribution in [1.82, 2.24) is 9.88 Å². The Morgan fingerprint density at radius 1 is 1.20 bits per heavy atom. The number of pyridine rings is 1. The second kappa shape index (κ2) is 7.20. The van der Waals surface area contributed by atoms with Gasteiger partial charge in [-0.05, 0) is 23.7 Å². The van der Waals surface area contributed by atoms with Crippen molar-refractivity contribution in [3.63, 3.8) is 0 Å². The van der Waals surface area contributed by atoms with Crippen LogP contribution in [-0.2, 0) is 4.74 Å². The molecule has 2 heterocycles. The van der Waals surface area contributed by atoms with Gasteiger partial charge in [0, 0.05) is 25.5 Å². The van der Waals surface area contributed by atoms with Gasteiger partial charge in [-0.15, -0.1) is 0 Å². The number of hydrogen-bond acceptors (Lipinski definition) is 3. The van der Waals surface area contributed by atoms with Gasteiger partial charge < -0.3 is 9.64 Å². The predicted octanol–water partition coefficient (Wildman–Crippen LogP) is 1.76. The van der Waals surface area contributed by atoms with Crippen LogP contribution < -0.4 is 0 Å². The SMILES string of the molecule is O=C(Cl)N1CCOCC1.c1ccncc1. The molecule has 0 atom stereocenters. The van der Waals surface area contributed by atoms with Gasteiger partial charge in [-0.2, -0.15) is 0 Å². The van der Waals surface area contributed by atoms with Crippen LogP contribution in [0.5, 0.6) is 0 Å². The van der Waals surface area contributed by atoms with Gasteiger partial charge in [-0.25, -0.2) is 0 Å². The number of nitrogens with zero attached hydrogens (tertiary/aromatic N) is 2. The maximum absolute atomic E-state index is 10.4. The van der Waals surface area contributed by atoms with Crippen LogP contribution in [0.2, 0.25) is 0 Å². The molecule has 2 rings (SSSR count). The summed E-state index contributed by atoms with van der Waals surface area (Å²) in [7, 11) is 0. The third-order valence-corrected chi connectivity index (χ3v) is 2.07. The van der Waals surface area contributed by atoms with E-state index in [1.807, 2.05) is 18.2 Å². The van der Waals surface area contributed by atoms with E-state index >= 15 is 0 Å². The molecule has 0 spiro atoms. The molecule has 0 aliphatic carbocycles. The standard InChI is InChI=1S/C5H8ClNO2.C5H5N/c6-5(8)7-1-3-9-4-2-7;1-2-4-6-5-3-1/h1-4H2;1-5H. The summed E-state index contributed by atoms with van der Waals surface area (Å²) in [5.41, 5.74) is 0. The number of aromatic nitrogens is 1. The van der Waals surface area contributed by atoms with E-state index in [-0.39, 0.29) is 5.37 Å². The molecular weight excluding hydrogens is 216 g/mol. The minimum absolute atomic E-state index is 0.377. The summed E-state index contributed by atoms with van der Waals surface area (Å²) in [6.45, 7) is 2.47. The van der Waals surface area contributed by atoms with Crippen molar-refractivity contribution in [1.29, 1.82) is 0 Å². The van der Waals surface area contributed by atoms with E-state index in [0.717, 1.165) is 0 Å². The lowest BCUT2D eigenvalue weighted by atomic mass is 10.5. The molecule has 1 aliphatic heterocycles. The van der Waals surface area contributed by atoms with Gasteiger partial charge in [0.15, 0.2) is 0 Å². The van der Waals surface area contributed by atoms with Gasteiger partial charge in [0.25, 0.3) is 0 Å².